The van der Waals surface area contributed by atoms with Crippen molar-refractivity contribution in [2.75, 3.05) is 13.1 Å². The summed E-state index contributed by atoms with van der Waals surface area (Å²) in [4.78, 5) is 22.3. The van der Waals surface area contributed by atoms with E-state index < -0.39 is 0 Å². The number of hydrogen-bond acceptors (Lipinski definition) is 3. The van der Waals surface area contributed by atoms with Crippen LogP contribution in [0.2, 0.25) is 0 Å². The van der Waals surface area contributed by atoms with Gasteiger partial charge in [-0.3, -0.25) is 9.69 Å². The molecule has 1 unspecified atom stereocenters. The summed E-state index contributed by atoms with van der Waals surface area (Å²) >= 11 is 0. The number of rotatable bonds is 5. The van der Waals surface area contributed by atoms with Crippen LogP contribution >= 0.6 is 0 Å². The summed E-state index contributed by atoms with van der Waals surface area (Å²) < 4.78 is 0. The average Bonchev–Trinajstić information content (AvgIpc) is 3.08. The van der Waals surface area contributed by atoms with Crippen molar-refractivity contribution in [1.29, 1.82) is 0 Å². The lowest BCUT2D eigenvalue weighted by Crippen LogP contribution is -2.33. The first-order valence-electron chi connectivity index (χ1n) is 9.05. The normalized spacial score (nSPS) is 18.0. The number of H-pyrrole nitrogens is 1. The summed E-state index contributed by atoms with van der Waals surface area (Å²) in [6.07, 6.45) is 4.38. The third-order valence-corrected chi connectivity index (χ3v) is 5.11. The maximum absolute atomic E-state index is 12.2. The predicted octanol–water partition coefficient (Wildman–Crippen LogP) is 3.17. The molecule has 0 amide bonds. The molecular weight excluding hydrogens is 310 g/mol. The van der Waals surface area contributed by atoms with E-state index in [1.165, 1.54) is 18.4 Å². The monoisotopic (exact) mass is 333 g/mol. The minimum atomic E-state index is -0.0390. The third kappa shape index (κ3) is 3.64. The molecule has 1 aliphatic rings. The first-order valence-corrected chi connectivity index (χ1v) is 9.05. The molecule has 1 aromatic heterocycles. The standard InChI is InChI=1S/C21H23N3O/c25-21-18-10-4-5-11-19(18)22-20(23-21)12-14-24-13-6-9-17(24)15-16-7-2-1-3-8-16/h1-5,7-8,10-11,17H,6,9,12-15H2,(H,22,23,25). The molecule has 1 saturated heterocycles. The average molecular weight is 333 g/mol. The molecule has 0 spiro atoms. The fraction of sp³-hybridized carbons (Fsp3) is 0.333. The first-order chi connectivity index (χ1) is 12.3. The number of nitrogens with zero attached hydrogens (tertiary/aromatic N) is 2. The Balaban J connectivity index is 1.44. The van der Waals surface area contributed by atoms with E-state index in [9.17, 15) is 4.79 Å². The highest BCUT2D eigenvalue weighted by molar-refractivity contribution is 5.77. The van der Waals surface area contributed by atoms with Crippen LogP contribution in [0, 0.1) is 0 Å². The van der Waals surface area contributed by atoms with Crippen molar-refractivity contribution in [2.24, 2.45) is 0 Å². The quantitative estimate of drug-likeness (QED) is 0.780. The summed E-state index contributed by atoms with van der Waals surface area (Å²) in [7, 11) is 0. The van der Waals surface area contributed by atoms with Gasteiger partial charge in [-0.1, -0.05) is 42.5 Å². The Morgan fingerprint density at radius 3 is 2.76 bits per heavy atom. The van der Waals surface area contributed by atoms with E-state index in [1.54, 1.807) is 0 Å². The fourth-order valence-corrected chi connectivity index (χ4v) is 3.81. The molecule has 1 N–H and O–H groups in total. The van der Waals surface area contributed by atoms with Crippen LogP contribution < -0.4 is 5.56 Å². The number of nitrogens with one attached hydrogen (secondary N) is 1. The van der Waals surface area contributed by atoms with Crippen LogP contribution in [0.4, 0.5) is 0 Å². The summed E-state index contributed by atoms with van der Waals surface area (Å²) in [5, 5.41) is 0.661. The molecule has 1 fully saturated rings. The number of benzene rings is 2. The Labute approximate surface area is 147 Å². The van der Waals surface area contributed by atoms with Crippen molar-refractivity contribution in [1.82, 2.24) is 14.9 Å². The smallest absolute Gasteiger partial charge is 0.258 e. The second kappa shape index (κ2) is 7.19. The van der Waals surface area contributed by atoms with Crippen LogP contribution in [0.15, 0.2) is 59.4 Å². The van der Waals surface area contributed by atoms with Gasteiger partial charge in [0.25, 0.3) is 5.56 Å². The highest BCUT2D eigenvalue weighted by Gasteiger charge is 2.24. The molecule has 3 aromatic rings. The SMILES string of the molecule is O=c1[nH]c(CCN2CCCC2Cc2ccccc2)nc2ccccc12. The lowest BCUT2D eigenvalue weighted by Gasteiger charge is -2.24. The Hall–Kier alpha value is -2.46. The molecule has 2 heterocycles. The number of hydrogen-bond donors (Lipinski definition) is 1. The number of aromatic amines is 1. The third-order valence-electron chi connectivity index (χ3n) is 5.11. The Morgan fingerprint density at radius 2 is 1.88 bits per heavy atom. The van der Waals surface area contributed by atoms with Gasteiger partial charge in [0.05, 0.1) is 10.9 Å². The van der Waals surface area contributed by atoms with Crippen LogP contribution in [0.5, 0.6) is 0 Å². The molecule has 25 heavy (non-hydrogen) atoms. The van der Waals surface area contributed by atoms with E-state index in [1.807, 2.05) is 24.3 Å². The molecule has 4 nitrogen and oxygen atoms in total. The van der Waals surface area contributed by atoms with Crippen LogP contribution in [0.1, 0.15) is 24.2 Å². The van der Waals surface area contributed by atoms with Crippen molar-refractivity contribution in [3.05, 3.63) is 76.3 Å². The fourth-order valence-electron chi connectivity index (χ4n) is 3.81. The zero-order chi connectivity index (χ0) is 17.1. The van der Waals surface area contributed by atoms with E-state index in [2.05, 4.69) is 45.2 Å². The lowest BCUT2D eigenvalue weighted by molar-refractivity contribution is 0.254. The number of para-hydroxylation sites is 1. The van der Waals surface area contributed by atoms with Gasteiger partial charge in [-0.25, -0.2) is 4.98 Å². The van der Waals surface area contributed by atoms with Gasteiger partial charge in [0, 0.05) is 19.0 Å². The molecule has 1 atom stereocenters. The maximum Gasteiger partial charge on any atom is 0.258 e. The van der Waals surface area contributed by atoms with Crippen LogP contribution in [-0.4, -0.2) is 34.0 Å². The summed E-state index contributed by atoms with van der Waals surface area (Å²) in [6.45, 7) is 2.08. The molecule has 4 rings (SSSR count). The van der Waals surface area contributed by atoms with Gasteiger partial charge in [-0.05, 0) is 43.5 Å². The Bertz CT molecular complexity index is 904. The molecule has 0 radical (unpaired) electrons. The van der Waals surface area contributed by atoms with E-state index in [-0.39, 0.29) is 5.56 Å². The minimum Gasteiger partial charge on any atom is -0.310 e. The number of fused-ring (bicyclic) bond motifs is 1. The molecule has 2 aromatic carbocycles. The second-order valence-electron chi connectivity index (χ2n) is 6.80. The van der Waals surface area contributed by atoms with Crippen molar-refractivity contribution in [2.45, 2.75) is 31.7 Å². The van der Waals surface area contributed by atoms with E-state index >= 15 is 0 Å². The highest BCUT2D eigenvalue weighted by atomic mass is 16.1. The second-order valence-corrected chi connectivity index (χ2v) is 6.80. The zero-order valence-electron chi connectivity index (χ0n) is 14.3. The van der Waals surface area contributed by atoms with Gasteiger partial charge >= 0.3 is 0 Å². The molecule has 128 valence electrons. The van der Waals surface area contributed by atoms with Gasteiger partial charge < -0.3 is 4.98 Å². The van der Waals surface area contributed by atoms with Gasteiger partial charge in [-0.2, -0.15) is 0 Å². The number of aromatic nitrogens is 2. The van der Waals surface area contributed by atoms with Crippen molar-refractivity contribution >= 4 is 10.9 Å². The van der Waals surface area contributed by atoms with Gasteiger partial charge in [0.2, 0.25) is 0 Å². The lowest BCUT2D eigenvalue weighted by atomic mass is 10.0. The van der Waals surface area contributed by atoms with Gasteiger partial charge in [0.1, 0.15) is 5.82 Å². The minimum absolute atomic E-state index is 0.0390. The number of likely N-dealkylation sites (tertiary alicyclic amines) is 1. The van der Waals surface area contributed by atoms with Crippen LogP contribution in [0.3, 0.4) is 0 Å². The van der Waals surface area contributed by atoms with Crippen molar-refractivity contribution in [3.63, 3.8) is 0 Å². The summed E-state index contributed by atoms with van der Waals surface area (Å²) in [5.41, 5.74) is 2.14. The molecule has 1 aliphatic heterocycles. The van der Waals surface area contributed by atoms with Crippen LogP contribution in [0.25, 0.3) is 10.9 Å². The summed E-state index contributed by atoms with van der Waals surface area (Å²) in [6, 6.07) is 18.8. The molecule has 0 aliphatic carbocycles. The molecular formula is C21H23N3O. The van der Waals surface area contributed by atoms with Gasteiger partial charge in [0.15, 0.2) is 0 Å². The summed E-state index contributed by atoms with van der Waals surface area (Å²) in [5.74, 6) is 0.786. The van der Waals surface area contributed by atoms with Crippen LogP contribution in [-0.2, 0) is 12.8 Å². The molecule has 0 bridgehead atoms. The van der Waals surface area contributed by atoms with E-state index in [4.69, 9.17) is 0 Å². The highest BCUT2D eigenvalue weighted by Crippen LogP contribution is 2.21. The van der Waals surface area contributed by atoms with Crippen molar-refractivity contribution in [3.8, 4) is 0 Å². The van der Waals surface area contributed by atoms with Gasteiger partial charge in [-0.15, -0.1) is 0 Å². The van der Waals surface area contributed by atoms with E-state index in [0.717, 1.165) is 37.3 Å². The first kappa shape index (κ1) is 16.0. The zero-order valence-corrected chi connectivity index (χ0v) is 14.3. The topological polar surface area (TPSA) is 49.0 Å². The Morgan fingerprint density at radius 1 is 1.08 bits per heavy atom. The Kier molecular flexibility index (Phi) is 4.61. The maximum atomic E-state index is 12.2. The largest absolute Gasteiger partial charge is 0.310 e. The molecule has 0 saturated carbocycles. The predicted molar refractivity (Wildman–Crippen MR) is 101 cm³/mol. The van der Waals surface area contributed by atoms with E-state index in [0.29, 0.717) is 11.4 Å². The molecule has 4 heteroatoms. The van der Waals surface area contributed by atoms with Crippen molar-refractivity contribution < 1.29 is 0 Å².